The number of Topliss-reactive ketones (excluding diaryl/α,β-unsaturated/α-hetero) is 1. The molecule has 0 bridgehead atoms. The van der Waals surface area contributed by atoms with Gasteiger partial charge in [-0.3, -0.25) is 9.59 Å². The van der Waals surface area contributed by atoms with E-state index in [1.807, 2.05) is 25.9 Å². The maximum atomic E-state index is 13.0. The molecule has 1 heterocycles. The minimum absolute atomic E-state index is 0.0299. The molecule has 32 heavy (non-hydrogen) atoms. The largest absolute Gasteiger partial charge is 0.507 e. The maximum Gasteiger partial charge on any atom is 0.295 e. The molecular formula is C24H27ClN2O5. The Balaban J connectivity index is 2.16. The van der Waals surface area contributed by atoms with Crippen molar-refractivity contribution in [3.63, 3.8) is 0 Å². The van der Waals surface area contributed by atoms with Crippen LogP contribution in [-0.4, -0.2) is 67.5 Å². The first kappa shape index (κ1) is 23.6. The van der Waals surface area contributed by atoms with E-state index in [2.05, 4.69) is 0 Å². The highest BCUT2D eigenvalue weighted by molar-refractivity contribution is 6.46. The molecule has 2 aromatic carbocycles. The van der Waals surface area contributed by atoms with E-state index in [-0.39, 0.29) is 11.3 Å². The van der Waals surface area contributed by atoms with Crippen LogP contribution in [0.1, 0.15) is 24.1 Å². The summed E-state index contributed by atoms with van der Waals surface area (Å²) in [6.07, 6.45) is 0. The number of aliphatic hydroxyl groups is 1. The van der Waals surface area contributed by atoms with Crippen LogP contribution in [0.3, 0.4) is 0 Å². The molecule has 1 N–H and O–H groups in total. The Morgan fingerprint density at radius 1 is 1.12 bits per heavy atom. The van der Waals surface area contributed by atoms with Crippen LogP contribution in [0.4, 0.5) is 0 Å². The smallest absolute Gasteiger partial charge is 0.295 e. The molecule has 7 nitrogen and oxygen atoms in total. The minimum atomic E-state index is -0.768. The van der Waals surface area contributed by atoms with Crippen LogP contribution in [0.2, 0.25) is 5.02 Å². The Labute approximate surface area is 192 Å². The summed E-state index contributed by atoms with van der Waals surface area (Å²) in [6, 6.07) is 10.9. The first-order valence-corrected chi connectivity index (χ1v) is 10.7. The van der Waals surface area contributed by atoms with Gasteiger partial charge in [-0.25, -0.2) is 0 Å². The topological polar surface area (TPSA) is 79.3 Å². The van der Waals surface area contributed by atoms with Crippen molar-refractivity contribution in [1.82, 2.24) is 9.80 Å². The standard InChI is InChI=1S/C24H27ClN2O5/c1-5-32-18-11-8-16(14-19(18)31-4)21-20(22(28)15-6-9-17(25)10-7-15)23(29)24(30)27(21)13-12-26(2)3/h6-11,14,21,28H,5,12-13H2,1-4H3/b22-20+/t21-/m0/s1. The molecule has 0 aliphatic carbocycles. The second-order valence-corrected chi connectivity index (χ2v) is 8.08. The Kier molecular flexibility index (Phi) is 7.43. The molecule has 0 spiro atoms. The van der Waals surface area contributed by atoms with E-state index in [4.69, 9.17) is 21.1 Å². The van der Waals surface area contributed by atoms with Crippen LogP contribution in [0.25, 0.3) is 5.76 Å². The van der Waals surface area contributed by atoms with Crippen molar-refractivity contribution in [1.29, 1.82) is 0 Å². The number of halogens is 1. The highest BCUT2D eigenvalue weighted by atomic mass is 35.5. The monoisotopic (exact) mass is 458 g/mol. The van der Waals surface area contributed by atoms with E-state index in [1.54, 1.807) is 42.5 Å². The molecule has 8 heteroatoms. The molecule has 170 valence electrons. The van der Waals surface area contributed by atoms with Crippen molar-refractivity contribution in [3.05, 3.63) is 64.2 Å². The number of rotatable bonds is 8. The summed E-state index contributed by atoms with van der Waals surface area (Å²) in [5, 5.41) is 11.6. The van der Waals surface area contributed by atoms with Gasteiger partial charge in [0.1, 0.15) is 5.76 Å². The zero-order valence-electron chi connectivity index (χ0n) is 18.6. The average molecular weight is 459 g/mol. The number of aliphatic hydroxyl groups excluding tert-OH is 1. The average Bonchev–Trinajstić information content (AvgIpc) is 3.03. The number of likely N-dealkylation sites (N-methyl/N-ethyl adjacent to an activating group) is 1. The Hall–Kier alpha value is -3.03. The van der Waals surface area contributed by atoms with E-state index < -0.39 is 17.7 Å². The third kappa shape index (κ3) is 4.74. The molecule has 0 aromatic heterocycles. The normalized spacial score (nSPS) is 17.8. The van der Waals surface area contributed by atoms with Gasteiger partial charge in [0.15, 0.2) is 11.5 Å². The molecule has 0 unspecified atom stereocenters. The van der Waals surface area contributed by atoms with Gasteiger partial charge in [0.05, 0.1) is 25.3 Å². The quantitative estimate of drug-likeness (QED) is 0.369. The summed E-state index contributed by atoms with van der Waals surface area (Å²) < 4.78 is 11.1. The number of hydrogen-bond donors (Lipinski definition) is 1. The van der Waals surface area contributed by atoms with Crippen LogP contribution in [0, 0.1) is 0 Å². The number of amides is 1. The first-order valence-electron chi connectivity index (χ1n) is 10.3. The molecule has 1 aliphatic rings. The molecular weight excluding hydrogens is 432 g/mol. The van der Waals surface area contributed by atoms with Gasteiger partial charge in [0.2, 0.25) is 0 Å². The highest BCUT2D eigenvalue weighted by Gasteiger charge is 2.46. The van der Waals surface area contributed by atoms with E-state index in [1.165, 1.54) is 12.0 Å². The second kappa shape index (κ2) is 10.1. The lowest BCUT2D eigenvalue weighted by Gasteiger charge is -2.27. The Bertz CT molecular complexity index is 1030. The number of ether oxygens (including phenoxy) is 2. The molecule has 2 aromatic rings. The molecule has 1 aliphatic heterocycles. The van der Waals surface area contributed by atoms with Crippen molar-refractivity contribution < 1.29 is 24.2 Å². The SMILES string of the molecule is CCOc1ccc([C@H]2/C(=C(\O)c3ccc(Cl)cc3)C(=O)C(=O)N2CCN(C)C)cc1OC. The predicted molar refractivity (Wildman–Crippen MR) is 123 cm³/mol. The summed E-state index contributed by atoms with van der Waals surface area (Å²) in [6.45, 7) is 3.21. The lowest BCUT2D eigenvalue weighted by atomic mass is 9.95. The Morgan fingerprint density at radius 2 is 1.81 bits per heavy atom. The van der Waals surface area contributed by atoms with Crippen molar-refractivity contribution >= 4 is 29.1 Å². The third-order valence-electron chi connectivity index (χ3n) is 5.25. The lowest BCUT2D eigenvalue weighted by Crippen LogP contribution is -2.35. The molecule has 1 atom stereocenters. The summed E-state index contributed by atoms with van der Waals surface area (Å²) in [7, 11) is 5.30. The van der Waals surface area contributed by atoms with Crippen LogP contribution >= 0.6 is 11.6 Å². The van der Waals surface area contributed by atoms with Crippen LogP contribution < -0.4 is 9.47 Å². The first-order chi connectivity index (χ1) is 15.3. The highest BCUT2D eigenvalue weighted by Crippen LogP contribution is 2.42. The minimum Gasteiger partial charge on any atom is -0.507 e. The van der Waals surface area contributed by atoms with E-state index in [0.29, 0.717) is 47.3 Å². The van der Waals surface area contributed by atoms with Gasteiger partial charge in [0, 0.05) is 23.7 Å². The van der Waals surface area contributed by atoms with Crippen molar-refractivity contribution in [2.24, 2.45) is 0 Å². The molecule has 1 saturated heterocycles. The molecule has 1 fully saturated rings. The second-order valence-electron chi connectivity index (χ2n) is 7.65. The fourth-order valence-corrected chi connectivity index (χ4v) is 3.78. The lowest BCUT2D eigenvalue weighted by molar-refractivity contribution is -0.140. The number of nitrogens with zero attached hydrogens (tertiary/aromatic N) is 2. The number of methoxy groups -OCH3 is 1. The van der Waals surface area contributed by atoms with Crippen LogP contribution in [0.5, 0.6) is 11.5 Å². The van der Waals surface area contributed by atoms with Gasteiger partial charge >= 0.3 is 0 Å². The van der Waals surface area contributed by atoms with E-state index in [9.17, 15) is 14.7 Å². The van der Waals surface area contributed by atoms with E-state index in [0.717, 1.165) is 0 Å². The fraction of sp³-hybridized carbons (Fsp3) is 0.333. The zero-order valence-corrected chi connectivity index (χ0v) is 19.3. The van der Waals surface area contributed by atoms with Crippen molar-refractivity contribution in [3.8, 4) is 11.5 Å². The number of likely N-dealkylation sites (tertiary alicyclic amines) is 1. The van der Waals surface area contributed by atoms with Crippen LogP contribution in [-0.2, 0) is 9.59 Å². The van der Waals surface area contributed by atoms with Crippen molar-refractivity contribution in [2.75, 3.05) is 40.9 Å². The van der Waals surface area contributed by atoms with Gasteiger partial charge in [0.25, 0.3) is 11.7 Å². The summed E-state index contributed by atoms with van der Waals surface area (Å²) in [4.78, 5) is 29.4. The fourth-order valence-electron chi connectivity index (χ4n) is 3.66. The molecule has 3 rings (SSSR count). The number of ketones is 1. The number of benzene rings is 2. The van der Waals surface area contributed by atoms with Gasteiger partial charge in [-0.2, -0.15) is 0 Å². The zero-order chi connectivity index (χ0) is 23.4. The van der Waals surface area contributed by atoms with Gasteiger partial charge in [-0.05, 0) is 63.0 Å². The number of carbonyl (C=O) groups excluding carboxylic acids is 2. The molecule has 0 radical (unpaired) electrons. The Morgan fingerprint density at radius 3 is 2.41 bits per heavy atom. The molecule has 0 saturated carbocycles. The van der Waals surface area contributed by atoms with Gasteiger partial charge in [-0.15, -0.1) is 0 Å². The predicted octanol–water partition coefficient (Wildman–Crippen LogP) is 3.73. The summed E-state index contributed by atoms with van der Waals surface area (Å²) >= 11 is 5.96. The third-order valence-corrected chi connectivity index (χ3v) is 5.50. The van der Waals surface area contributed by atoms with Crippen molar-refractivity contribution in [2.45, 2.75) is 13.0 Å². The number of carbonyl (C=O) groups is 2. The van der Waals surface area contributed by atoms with Gasteiger partial charge < -0.3 is 24.4 Å². The summed E-state index contributed by atoms with van der Waals surface area (Å²) in [5.74, 6) is -0.588. The van der Waals surface area contributed by atoms with E-state index >= 15 is 0 Å². The summed E-state index contributed by atoms with van der Waals surface area (Å²) in [5.41, 5.74) is 1.07. The molecule has 1 amide bonds. The maximum absolute atomic E-state index is 13.0. The van der Waals surface area contributed by atoms with Gasteiger partial charge in [-0.1, -0.05) is 17.7 Å². The number of hydrogen-bond acceptors (Lipinski definition) is 6. The van der Waals surface area contributed by atoms with Crippen LogP contribution in [0.15, 0.2) is 48.0 Å².